The van der Waals surface area contributed by atoms with E-state index in [-0.39, 0.29) is 12.3 Å². The first-order chi connectivity index (χ1) is 21.6. The second-order valence-electron chi connectivity index (χ2n) is 12.4. The maximum absolute atomic E-state index is 15.7. The van der Waals surface area contributed by atoms with Gasteiger partial charge in [0.05, 0.1) is 18.4 Å². The normalized spacial score (nSPS) is 18.4. The van der Waals surface area contributed by atoms with Crippen molar-refractivity contribution >= 4 is 26.8 Å². The van der Waals surface area contributed by atoms with E-state index in [4.69, 9.17) is 14.5 Å². The van der Waals surface area contributed by atoms with Crippen LogP contribution in [0.4, 0.5) is 4.39 Å². The molecule has 0 aliphatic carbocycles. The summed E-state index contributed by atoms with van der Waals surface area (Å²) < 4.78 is 33.3. The van der Waals surface area contributed by atoms with Gasteiger partial charge in [0.15, 0.2) is 11.6 Å². The highest BCUT2D eigenvalue weighted by molar-refractivity contribution is 9.10. The highest BCUT2D eigenvalue weighted by Gasteiger charge is 2.33. The molecule has 1 aliphatic heterocycles. The summed E-state index contributed by atoms with van der Waals surface area (Å²) in [5.74, 6) is 0.981. The Hall–Kier alpha value is -4.28. The molecule has 0 saturated heterocycles. The van der Waals surface area contributed by atoms with Crippen LogP contribution in [0.1, 0.15) is 56.1 Å². The molecule has 6 bridgehead atoms. The summed E-state index contributed by atoms with van der Waals surface area (Å²) in [5.41, 5.74) is 3.94. The summed E-state index contributed by atoms with van der Waals surface area (Å²) in [7, 11) is 2.00. The number of ether oxygens (including phenoxy) is 2. The van der Waals surface area contributed by atoms with E-state index in [1.807, 2.05) is 68.1 Å². The van der Waals surface area contributed by atoms with Crippen molar-refractivity contribution in [3.05, 3.63) is 112 Å². The van der Waals surface area contributed by atoms with E-state index in [9.17, 15) is 0 Å². The van der Waals surface area contributed by atoms with Crippen molar-refractivity contribution in [3.8, 4) is 22.9 Å². The summed E-state index contributed by atoms with van der Waals surface area (Å²) in [4.78, 5) is 8.33. The van der Waals surface area contributed by atoms with E-state index in [2.05, 4.69) is 62.5 Å². The Morgan fingerprint density at radius 1 is 1.00 bits per heavy atom. The van der Waals surface area contributed by atoms with Gasteiger partial charge in [-0.15, -0.1) is 5.10 Å². The van der Waals surface area contributed by atoms with Crippen molar-refractivity contribution in [1.82, 2.24) is 29.5 Å². The lowest BCUT2D eigenvalue weighted by atomic mass is 9.76. The Morgan fingerprint density at radius 2 is 1.84 bits per heavy atom. The zero-order valence-electron chi connectivity index (χ0n) is 25.6. The van der Waals surface area contributed by atoms with Crippen molar-refractivity contribution in [2.24, 2.45) is 7.05 Å². The van der Waals surface area contributed by atoms with Crippen molar-refractivity contribution < 1.29 is 13.9 Å². The predicted octanol–water partition coefficient (Wildman–Crippen LogP) is 8.25. The van der Waals surface area contributed by atoms with Gasteiger partial charge in [-0.1, -0.05) is 45.4 Å². The van der Waals surface area contributed by atoms with Gasteiger partial charge in [-0.2, -0.15) is 0 Å². The SMILES string of the molecule is Cn1cc2nc1-c1cccc(c1)Oc1c(F)cc3[nH]ccc3c1Cn1cc(nn1)C(C)(C)OCCCC2(C)c1cccc(Br)c1. The molecule has 1 N–H and O–H groups in total. The second kappa shape index (κ2) is 11.3. The third kappa shape index (κ3) is 5.46. The van der Waals surface area contributed by atoms with Crippen LogP contribution in [-0.2, 0) is 29.3 Å². The van der Waals surface area contributed by atoms with Gasteiger partial charge in [-0.25, -0.2) is 14.1 Å². The van der Waals surface area contributed by atoms with E-state index < -0.39 is 16.8 Å². The molecule has 10 heteroatoms. The van der Waals surface area contributed by atoms with Crippen LogP contribution in [-0.4, -0.2) is 36.1 Å². The van der Waals surface area contributed by atoms with E-state index in [0.29, 0.717) is 29.1 Å². The van der Waals surface area contributed by atoms with Gasteiger partial charge in [-0.3, -0.25) is 0 Å². The average molecular weight is 670 g/mol. The molecule has 230 valence electrons. The molecule has 3 aromatic heterocycles. The van der Waals surface area contributed by atoms with E-state index in [1.54, 1.807) is 10.9 Å². The number of hydrogen-bond donors (Lipinski definition) is 1. The number of nitrogens with zero attached hydrogens (tertiary/aromatic N) is 5. The lowest BCUT2D eigenvalue weighted by molar-refractivity contribution is -0.0276. The molecule has 6 aromatic rings. The number of benzene rings is 3. The highest BCUT2D eigenvalue weighted by Crippen LogP contribution is 2.40. The van der Waals surface area contributed by atoms with Gasteiger partial charge in [0, 0.05) is 64.0 Å². The first kappa shape index (κ1) is 29.4. The molecule has 1 unspecified atom stereocenters. The number of imidazole rings is 1. The van der Waals surface area contributed by atoms with Crippen LogP contribution in [0.3, 0.4) is 0 Å². The molecule has 0 amide bonds. The molecular weight excluding hydrogens is 635 g/mol. The molecule has 0 radical (unpaired) electrons. The monoisotopic (exact) mass is 668 g/mol. The molecule has 1 aliphatic rings. The number of H-pyrrole nitrogens is 1. The third-order valence-corrected chi connectivity index (χ3v) is 9.33. The van der Waals surface area contributed by atoms with Gasteiger partial charge in [0.25, 0.3) is 0 Å². The molecule has 7 rings (SSSR count). The number of halogens is 2. The number of aryl methyl sites for hydroxylation is 1. The summed E-state index contributed by atoms with van der Waals surface area (Å²) in [5, 5.41) is 9.71. The third-order valence-electron chi connectivity index (χ3n) is 8.84. The van der Waals surface area contributed by atoms with Crippen molar-refractivity contribution in [1.29, 1.82) is 0 Å². The van der Waals surface area contributed by atoms with Crippen LogP contribution < -0.4 is 4.74 Å². The quantitative estimate of drug-likeness (QED) is 0.191. The summed E-state index contributed by atoms with van der Waals surface area (Å²) in [6.45, 7) is 7.02. The van der Waals surface area contributed by atoms with Gasteiger partial charge < -0.3 is 19.0 Å². The maximum Gasteiger partial charge on any atom is 0.168 e. The molecule has 3 aromatic carbocycles. The minimum Gasteiger partial charge on any atom is -0.454 e. The van der Waals surface area contributed by atoms with Gasteiger partial charge in [-0.05, 0) is 69.5 Å². The topological polar surface area (TPSA) is 82.8 Å². The fourth-order valence-electron chi connectivity index (χ4n) is 6.20. The lowest BCUT2D eigenvalue weighted by Crippen LogP contribution is -2.27. The molecule has 0 saturated carbocycles. The van der Waals surface area contributed by atoms with Gasteiger partial charge >= 0.3 is 0 Å². The minimum absolute atomic E-state index is 0.146. The standard InChI is InChI=1S/C35H34BrFN6O2/c1-34(2)30-21-43(41-40-30)19-27-26-12-14-38-29(26)18-28(37)32(27)45-25-11-5-8-22(16-25)33-39-31(20-42(33)4)35(3,13-7-15-44-34)23-9-6-10-24(36)17-23/h5-6,8-12,14,16-18,20-21,38H,7,13,15,19H2,1-4H3. The maximum atomic E-state index is 15.7. The summed E-state index contributed by atoms with van der Waals surface area (Å²) >= 11 is 3.67. The van der Waals surface area contributed by atoms with Crippen molar-refractivity contribution in [3.63, 3.8) is 0 Å². The fourth-order valence-corrected chi connectivity index (χ4v) is 6.60. The zero-order chi connectivity index (χ0) is 31.3. The van der Waals surface area contributed by atoms with E-state index in [1.165, 1.54) is 6.07 Å². The number of hydrogen-bond acceptors (Lipinski definition) is 5. The number of aromatic nitrogens is 6. The highest BCUT2D eigenvalue weighted by atomic mass is 79.9. The van der Waals surface area contributed by atoms with Crippen LogP contribution in [0, 0.1) is 5.82 Å². The van der Waals surface area contributed by atoms with Crippen LogP contribution in [0.2, 0.25) is 0 Å². The van der Waals surface area contributed by atoms with Gasteiger partial charge in [0.2, 0.25) is 0 Å². The Balaban J connectivity index is 1.38. The Kier molecular flexibility index (Phi) is 7.37. The molecule has 1 atom stereocenters. The molecule has 0 fully saturated rings. The van der Waals surface area contributed by atoms with Crippen LogP contribution >= 0.6 is 15.9 Å². The van der Waals surface area contributed by atoms with Gasteiger partial charge in [0.1, 0.15) is 22.9 Å². The Labute approximate surface area is 269 Å². The summed E-state index contributed by atoms with van der Waals surface area (Å²) in [6, 6.07) is 19.4. The van der Waals surface area contributed by atoms with Crippen molar-refractivity contribution in [2.45, 2.75) is 51.2 Å². The zero-order valence-corrected chi connectivity index (χ0v) is 27.2. The lowest BCUT2D eigenvalue weighted by Gasteiger charge is -2.30. The molecule has 4 heterocycles. The molecule has 0 spiro atoms. The van der Waals surface area contributed by atoms with Crippen LogP contribution in [0.25, 0.3) is 22.3 Å². The minimum atomic E-state index is -0.685. The number of rotatable bonds is 1. The Morgan fingerprint density at radius 3 is 2.69 bits per heavy atom. The first-order valence-electron chi connectivity index (χ1n) is 15.0. The molecule has 45 heavy (non-hydrogen) atoms. The largest absolute Gasteiger partial charge is 0.454 e. The number of nitrogens with one attached hydrogen (secondary N) is 1. The summed E-state index contributed by atoms with van der Waals surface area (Å²) in [6.07, 6.45) is 7.37. The smallest absolute Gasteiger partial charge is 0.168 e. The van der Waals surface area contributed by atoms with E-state index in [0.717, 1.165) is 45.3 Å². The molecular formula is C35H34BrFN6O2. The predicted molar refractivity (Wildman–Crippen MR) is 175 cm³/mol. The second-order valence-corrected chi connectivity index (χ2v) is 13.3. The van der Waals surface area contributed by atoms with Crippen LogP contribution in [0.15, 0.2) is 83.7 Å². The van der Waals surface area contributed by atoms with Crippen molar-refractivity contribution in [2.75, 3.05) is 6.61 Å². The number of fused-ring (bicyclic) bond motifs is 10. The van der Waals surface area contributed by atoms with E-state index >= 15 is 4.39 Å². The molecule has 8 nitrogen and oxygen atoms in total. The first-order valence-corrected chi connectivity index (χ1v) is 15.8. The fraction of sp³-hybridized carbons (Fsp3) is 0.286. The average Bonchev–Trinajstić information content (AvgIpc) is 3.77. The number of aromatic amines is 1. The van der Waals surface area contributed by atoms with Crippen LogP contribution in [0.5, 0.6) is 11.5 Å². The Bertz CT molecular complexity index is 2030.